The second kappa shape index (κ2) is 12.0. The van der Waals surface area contributed by atoms with E-state index in [1.807, 2.05) is 32.0 Å². The van der Waals surface area contributed by atoms with Crippen LogP contribution in [0.25, 0.3) is 22.2 Å². The molecule has 4 unspecified atom stereocenters. The summed E-state index contributed by atoms with van der Waals surface area (Å²) in [7, 11) is -0.274. The van der Waals surface area contributed by atoms with Crippen molar-refractivity contribution in [3.8, 4) is 17.0 Å². The Kier molecular flexibility index (Phi) is 7.89. The highest BCUT2D eigenvalue weighted by atomic mass is 32.2. The summed E-state index contributed by atoms with van der Waals surface area (Å²) >= 11 is 0. The maximum Gasteiger partial charge on any atom is 0.304 e. The van der Waals surface area contributed by atoms with Gasteiger partial charge in [-0.25, -0.2) is 4.72 Å². The van der Waals surface area contributed by atoms with E-state index in [2.05, 4.69) is 38.3 Å². The molecule has 12 heteroatoms. The number of amides is 2. The minimum Gasteiger partial charge on any atom is -0.497 e. The maximum atomic E-state index is 15.0. The molecule has 9 rings (SSSR count). The molecule has 11 nitrogen and oxygen atoms in total. The standard InChI is InChI=1S/C39H49N5O6S/c1-23-19-42(20-24(2)50-23)51(47,48)40-37(45)26-10-13-30-33(16-26)43-22-39(38(46)44-27-11-15-34(44)41(3)21-27)18-32(39)31-17-28(49-4)12-14-29(31)36(43)35(30)25-8-6-5-7-9-25/h10,12-14,16-17,23-25,27,32,34H,5-9,11,15,18-22H2,1-4H3,(H,40,45)/t23-,24+,27?,32?,34?,39?. The molecule has 1 aromatic heterocycles. The Morgan fingerprint density at radius 3 is 2.41 bits per heavy atom. The minimum atomic E-state index is -4.09. The summed E-state index contributed by atoms with van der Waals surface area (Å²) in [5.74, 6) is 0.771. The first-order chi connectivity index (χ1) is 24.5. The Morgan fingerprint density at radius 1 is 0.961 bits per heavy atom. The molecule has 3 saturated heterocycles. The molecule has 51 heavy (non-hydrogen) atoms. The number of hydrogen-bond acceptors (Lipinski definition) is 7. The molecule has 2 amide bonds. The topological polar surface area (TPSA) is 113 Å². The number of rotatable bonds is 6. The summed E-state index contributed by atoms with van der Waals surface area (Å²) in [5.41, 5.74) is 5.28. The van der Waals surface area contributed by atoms with Crippen molar-refractivity contribution in [2.24, 2.45) is 5.41 Å². The molecular formula is C39H49N5O6S. The molecule has 2 aliphatic carbocycles. The number of ether oxygens (including phenoxy) is 2. The molecule has 1 N–H and O–H groups in total. The third kappa shape index (κ3) is 5.26. The Bertz CT molecular complexity index is 2030. The van der Waals surface area contributed by atoms with Crippen LogP contribution in [0, 0.1) is 5.41 Å². The van der Waals surface area contributed by atoms with Crippen LogP contribution in [0.3, 0.4) is 0 Å². The number of nitrogens with zero attached hydrogens (tertiary/aromatic N) is 4. The van der Waals surface area contributed by atoms with E-state index >= 15 is 0 Å². The van der Waals surface area contributed by atoms with Crippen LogP contribution in [0.15, 0.2) is 36.4 Å². The summed E-state index contributed by atoms with van der Waals surface area (Å²) < 4.78 is 44.4. The van der Waals surface area contributed by atoms with Gasteiger partial charge < -0.3 is 18.9 Å². The summed E-state index contributed by atoms with van der Waals surface area (Å²) in [6.45, 7) is 5.45. The normalized spacial score (nSPS) is 30.8. The summed E-state index contributed by atoms with van der Waals surface area (Å²) in [6, 6.07) is 12.2. The summed E-state index contributed by atoms with van der Waals surface area (Å²) in [4.78, 5) is 33.3. The van der Waals surface area contributed by atoms with Crippen molar-refractivity contribution in [3.63, 3.8) is 0 Å². The zero-order valence-electron chi connectivity index (χ0n) is 30.1. The molecule has 3 aromatic rings. The van der Waals surface area contributed by atoms with E-state index in [1.54, 1.807) is 13.2 Å². The number of carbonyl (C=O) groups is 2. The van der Waals surface area contributed by atoms with Gasteiger partial charge in [0.2, 0.25) is 5.91 Å². The van der Waals surface area contributed by atoms with Gasteiger partial charge in [0.05, 0.1) is 36.6 Å². The van der Waals surface area contributed by atoms with E-state index in [4.69, 9.17) is 9.47 Å². The highest BCUT2D eigenvalue weighted by molar-refractivity contribution is 7.87. The van der Waals surface area contributed by atoms with Crippen molar-refractivity contribution in [3.05, 3.63) is 53.1 Å². The molecule has 0 radical (unpaired) electrons. The second-order valence-electron chi connectivity index (χ2n) is 16.2. The molecule has 5 fully saturated rings. The lowest BCUT2D eigenvalue weighted by Crippen LogP contribution is -2.52. The van der Waals surface area contributed by atoms with E-state index in [1.165, 1.54) is 34.7 Å². The van der Waals surface area contributed by atoms with Gasteiger partial charge in [-0.05, 0) is 100 Å². The van der Waals surface area contributed by atoms with Crippen molar-refractivity contribution in [2.75, 3.05) is 33.8 Å². The molecule has 4 aliphatic heterocycles. The van der Waals surface area contributed by atoms with E-state index in [0.717, 1.165) is 66.6 Å². The first-order valence-corrected chi connectivity index (χ1v) is 20.3. The smallest absolute Gasteiger partial charge is 0.304 e. The number of nitrogens with one attached hydrogen (secondary N) is 1. The van der Waals surface area contributed by atoms with Gasteiger partial charge >= 0.3 is 10.2 Å². The fourth-order valence-corrected chi connectivity index (χ4v) is 11.8. The van der Waals surface area contributed by atoms with Crippen molar-refractivity contribution < 1.29 is 27.5 Å². The number of methoxy groups -OCH3 is 1. The Balaban J connectivity index is 1.18. The molecule has 2 saturated carbocycles. The Hall–Kier alpha value is -3.45. The number of aromatic nitrogens is 1. The third-order valence-electron chi connectivity index (χ3n) is 12.9. The van der Waals surface area contributed by atoms with E-state index in [0.29, 0.717) is 12.5 Å². The molecule has 6 aliphatic rings. The number of morpholine rings is 1. The number of likely N-dealkylation sites (tertiary alicyclic amines) is 1. The van der Waals surface area contributed by atoms with Crippen molar-refractivity contribution in [1.82, 2.24) is 23.4 Å². The zero-order valence-corrected chi connectivity index (χ0v) is 30.9. The van der Waals surface area contributed by atoms with Crippen LogP contribution in [0.2, 0.25) is 0 Å². The van der Waals surface area contributed by atoms with Gasteiger partial charge in [-0.2, -0.15) is 12.7 Å². The fourth-order valence-electron chi connectivity index (χ4n) is 10.5. The van der Waals surface area contributed by atoms with Gasteiger partial charge in [0.15, 0.2) is 0 Å². The lowest BCUT2D eigenvalue weighted by Gasteiger charge is -2.34. The molecule has 6 atom stereocenters. The minimum absolute atomic E-state index is 0.0597. The molecular weight excluding hydrogens is 667 g/mol. The SMILES string of the molecule is COc1ccc2c(c1)C1CC1(C(=O)N1C3CCC1N(C)C3)Cn1c-2c(C2CCCCC2)c2ccc(C(=O)NS(=O)(=O)N3C[C@@H](C)O[C@@H](C)C3)cc21. The molecule has 272 valence electrons. The number of hydrogen-bond donors (Lipinski definition) is 1. The van der Waals surface area contributed by atoms with E-state index in [-0.39, 0.29) is 54.9 Å². The lowest BCUT2D eigenvalue weighted by atomic mass is 9.81. The lowest BCUT2D eigenvalue weighted by molar-refractivity contribution is -0.140. The van der Waals surface area contributed by atoms with Gasteiger partial charge in [-0.3, -0.25) is 14.5 Å². The van der Waals surface area contributed by atoms with Crippen LogP contribution in [-0.2, 0) is 26.3 Å². The summed E-state index contributed by atoms with van der Waals surface area (Å²) in [6.07, 6.45) is 8.14. The molecule has 2 bridgehead atoms. The summed E-state index contributed by atoms with van der Waals surface area (Å²) in [5, 5.41) is 1.08. The average molecular weight is 716 g/mol. The van der Waals surface area contributed by atoms with Crippen LogP contribution in [0.4, 0.5) is 0 Å². The fraction of sp³-hybridized carbons (Fsp3) is 0.590. The van der Waals surface area contributed by atoms with Crippen LogP contribution >= 0.6 is 0 Å². The number of likely N-dealkylation sites (N-methyl/N-ethyl adjacent to an activating group) is 1. The average Bonchev–Trinajstić information content (AvgIpc) is 3.43. The van der Waals surface area contributed by atoms with Crippen molar-refractivity contribution >= 4 is 32.9 Å². The predicted molar refractivity (Wildman–Crippen MR) is 194 cm³/mol. The van der Waals surface area contributed by atoms with Crippen LogP contribution in [-0.4, -0.2) is 97.1 Å². The molecule has 5 heterocycles. The quantitative estimate of drug-likeness (QED) is 0.374. The van der Waals surface area contributed by atoms with Crippen molar-refractivity contribution in [2.45, 2.75) is 108 Å². The van der Waals surface area contributed by atoms with E-state index < -0.39 is 21.5 Å². The highest BCUT2D eigenvalue weighted by Crippen LogP contribution is 2.67. The van der Waals surface area contributed by atoms with Gasteiger partial charge in [0.25, 0.3) is 5.91 Å². The zero-order chi connectivity index (χ0) is 35.4. The van der Waals surface area contributed by atoms with Gasteiger partial charge in [-0.1, -0.05) is 25.3 Å². The third-order valence-corrected chi connectivity index (χ3v) is 14.3. The Morgan fingerprint density at radius 2 is 1.73 bits per heavy atom. The van der Waals surface area contributed by atoms with Crippen LogP contribution < -0.4 is 9.46 Å². The maximum absolute atomic E-state index is 15.0. The number of piperidine rings is 1. The predicted octanol–water partition coefficient (Wildman–Crippen LogP) is 5.20. The van der Waals surface area contributed by atoms with Crippen LogP contribution in [0.5, 0.6) is 5.75 Å². The van der Waals surface area contributed by atoms with E-state index in [9.17, 15) is 18.0 Å². The monoisotopic (exact) mass is 715 g/mol. The highest BCUT2D eigenvalue weighted by Gasteiger charge is 2.66. The first-order valence-electron chi connectivity index (χ1n) is 18.8. The van der Waals surface area contributed by atoms with Crippen LogP contribution in [0.1, 0.15) is 98.5 Å². The number of fused-ring (bicyclic) bond motifs is 9. The number of carbonyl (C=O) groups excluding carboxylic acids is 2. The Labute approximate surface area is 300 Å². The first kappa shape index (κ1) is 33.4. The second-order valence-corrected chi connectivity index (χ2v) is 17.8. The van der Waals surface area contributed by atoms with Gasteiger partial charge in [-0.15, -0.1) is 0 Å². The molecule has 0 spiro atoms. The van der Waals surface area contributed by atoms with Crippen molar-refractivity contribution in [1.29, 1.82) is 0 Å². The number of benzene rings is 2. The largest absolute Gasteiger partial charge is 0.497 e. The van der Waals surface area contributed by atoms with Gasteiger partial charge in [0, 0.05) is 60.2 Å². The molecule has 2 aromatic carbocycles. The van der Waals surface area contributed by atoms with Gasteiger partial charge in [0.1, 0.15) is 5.75 Å².